The van der Waals surface area contributed by atoms with Crippen LogP contribution >= 0.6 is 0 Å². The fourth-order valence-corrected chi connectivity index (χ4v) is 7.92. The molecule has 4 heterocycles. The van der Waals surface area contributed by atoms with Crippen molar-refractivity contribution in [1.29, 1.82) is 0 Å². The minimum atomic E-state index is -3.00. The van der Waals surface area contributed by atoms with Gasteiger partial charge in [-0.05, 0) is 97.8 Å². The summed E-state index contributed by atoms with van der Waals surface area (Å²) < 4.78 is 57.6. The van der Waals surface area contributed by atoms with Gasteiger partial charge in [-0.15, -0.1) is 0 Å². The van der Waals surface area contributed by atoms with Crippen LogP contribution in [0.2, 0.25) is 0 Å². The van der Waals surface area contributed by atoms with Crippen molar-refractivity contribution in [3.63, 3.8) is 0 Å². The van der Waals surface area contributed by atoms with Crippen molar-refractivity contribution < 1.29 is 56.1 Å². The maximum Gasteiger partial charge on any atom is 0.284 e. The number of nitrogens with one attached hydrogen (secondary N) is 5. The summed E-state index contributed by atoms with van der Waals surface area (Å²) in [5.41, 5.74) is 7.11. The van der Waals surface area contributed by atoms with Crippen molar-refractivity contribution in [3.05, 3.63) is 101 Å². The highest BCUT2D eigenvalue weighted by Crippen LogP contribution is 2.32. The van der Waals surface area contributed by atoms with Gasteiger partial charge in [0.05, 0.1) is 63.3 Å². The molecule has 1 fully saturated rings. The van der Waals surface area contributed by atoms with Crippen LogP contribution in [-0.2, 0) is 41.6 Å². The predicted molar refractivity (Wildman–Crippen MR) is 271 cm³/mol. The van der Waals surface area contributed by atoms with Gasteiger partial charge in [0, 0.05) is 43.4 Å². The number of fused-ring (bicyclic) bond motifs is 1. The number of amides is 5. The van der Waals surface area contributed by atoms with E-state index in [0.29, 0.717) is 54.1 Å². The van der Waals surface area contributed by atoms with E-state index < -0.39 is 53.4 Å². The fraction of sp³-hybridized carbons (Fsp3) is 0.462. The number of carbonyl (C=O) groups excluding carboxylic acids is 5. The zero-order chi connectivity index (χ0) is 53.6. The molecule has 23 heteroatoms. The Morgan fingerprint density at radius 1 is 0.893 bits per heavy atom. The average molecular weight is 1040 g/mol. The summed E-state index contributed by atoms with van der Waals surface area (Å²) in [5, 5.41) is 18.2. The monoisotopic (exact) mass is 1040 g/mol. The SMILES string of the molecule is CN[C@@H](C)C(=O)N[C@H](C(=O)N1Cc2cc(OCCOCCOCCOCCNC(=O)c3ccc(-n4cc(NC(=O)c5coc(-c6ccnc(NCC7CC7)c6)n5)c(C(F)F)n4)cc3)ccc2C[C@H]1C(N)=O)C(C)(C)C. The lowest BCUT2D eigenvalue weighted by Crippen LogP contribution is -2.61. The number of likely N-dealkylation sites (N-methyl/N-ethyl adjacent to an activating group) is 1. The van der Waals surface area contributed by atoms with Crippen LogP contribution in [0, 0.1) is 11.3 Å². The molecule has 75 heavy (non-hydrogen) atoms. The molecule has 1 aliphatic heterocycles. The number of carbonyl (C=O) groups is 5. The van der Waals surface area contributed by atoms with E-state index >= 15 is 0 Å². The van der Waals surface area contributed by atoms with Crippen molar-refractivity contribution in [3.8, 4) is 22.9 Å². The number of ether oxygens (including phenoxy) is 4. The number of hydrogen-bond donors (Lipinski definition) is 6. The third-order valence-electron chi connectivity index (χ3n) is 12.5. The number of nitrogens with zero attached hydrogens (tertiary/aromatic N) is 5. The first-order valence-electron chi connectivity index (χ1n) is 24.8. The number of oxazole rings is 1. The van der Waals surface area contributed by atoms with Gasteiger partial charge in [-0.3, -0.25) is 24.0 Å². The molecular weight excluding hydrogens is 977 g/mol. The number of nitrogens with two attached hydrogens (primary N) is 1. The van der Waals surface area contributed by atoms with Crippen LogP contribution in [-0.4, -0.2) is 139 Å². The van der Waals surface area contributed by atoms with Crippen LogP contribution in [0.5, 0.6) is 5.75 Å². The molecule has 5 aromatic rings. The molecule has 7 rings (SSSR count). The molecule has 1 saturated carbocycles. The van der Waals surface area contributed by atoms with E-state index in [1.165, 1.54) is 40.8 Å². The van der Waals surface area contributed by atoms with Gasteiger partial charge < -0.3 is 60.6 Å². The standard InChI is InChI=1S/C52H65F2N11O10/c1-31(56-5)47(67)62-44(52(2,3)4)51(70)64-28-36-24-38(13-10-34(36)25-41(64)46(55)66)74-23-22-73-21-20-72-19-18-71-17-16-58-48(68)33-8-11-37(12-9-33)65-29-39(43(63-65)45(53)54)60-49(69)40-30-75-50(61-40)35-14-15-57-42(26-35)59-27-32-6-7-32/h8-15,24,26,29-32,41,44-45,56H,6-7,16-23,25,27-28H2,1-5H3,(H2,55,66)(H,57,59)(H,58,68)(H,60,69)(H,62,67)/t31-,41-,44+/m0/s1. The first-order valence-corrected chi connectivity index (χ1v) is 24.8. The van der Waals surface area contributed by atoms with Crippen LogP contribution in [0.4, 0.5) is 20.3 Å². The maximum absolute atomic E-state index is 14.1. The van der Waals surface area contributed by atoms with Gasteiger partial charge in [-0.2, -0.15) is 5.10 Å². The van der Waals surface area contributed by atoms with E-state index in [2.05, 4.69) is 41.7 Å². The number of primary amides is 1. The average Bonchev–Trinajstić information content (AvgIpc) is 3.92. The number of rotatable bonds is 27. The van der Waals surface area contributed by atoms with Crippen molar-refractivity contribution in [1.82, 2.24) is 40.6 Å². The maximum atomic E-state index is 14.1. The summed E-state index contributed by atoms with van der Waals surface area (Å²) in [6, 6.07) is 12.8. The lowest BCUT2D eigenvalue weighted by molar-refractivity contribution is -0.146. The summed E-state index contributed by atoms with van der Waals surface area (Å²) in [5.74, 6) is -0.474. The van der Waals surface area contributed by atoms with E-state index in [1.54, 1.807) is 50.5 Å². The van der Waals surface area contributed by atoms with Crippen molar-refractivity contribution in [2.45, 2.75) is 78.1 Å². The van der Waals surface area contributed by atoms with E-state index in [4.69, 9.17) is 29.1 Å². The molecule has 3 atom stereocenters. The zero-order valence-electron chi connectivity index (χ0n) is 42.7. The Morgan fingerprint density at radius 2 is 1.60 bits per heavy atom. The molecule has 1 aliphatic carbocycles. The number of hydrogen-bond acceptors (Lipinski definition) is 15. The topological polar surface area (TPSA) is 268 Å². The second-order valence-electron chi connectivity index (χ2n) is 19.2. The summed E-state index contributed by atoms with van der Waals surface area (Å²) in [4.78, 5) is 75.2. The molecule has 0 unspecified atom stereocenters. The first-order chi connectivity index (χ1) is 36.0. The van der Waals surface area contributed by atoms with Gasteiger partial charge in [0.25, 0.3) is 18.2 Å². The van der Waals surface area contributed by atoms with Crippen molar-refractivity contribution in [2.24, 2.45) is 17.1 Å². The third kappa shape index (κ3) is 15.4. The first kappa shape index (κ1) is 55.4. The Hall–Kier alpha value is -7.34. The molecule has 2 aliphatic rings. The highest BCUT2D eigenvalue weighted by molar-refractivity contribution is 6.03. The number of anilines is 2. The Labute approximate surface area is 433 Å². The zero-order valence-corrected chi connectivity index (χ0v) is 42.7. The Bertz CT molecular complexity index is 2760. The third-order valence-corrected chi connectivity index (χ3v) is 12.5. The van der Waals surface area contributed by atoms with Gasteiger partial charge in [0.1, 0.15) is 36.5 Å². The van der Waals surface area contributed by atoms with E-state index in [-0.39, 0.29) is 75.0 Å². The minimum absolute atomic E-state index is 0.116. The Balaban J connectivity index is 0.764. The second kappa shape index (κ2) is 25.7. The van der Waals surface area contributed by atoms with Gasteiger partial charge in [-0.25, -0.2) is 23.4 Å². The predicted octanol–water partition coefficient (Wildman–Crippen LogP) is 4.67. The number of halogens is 2. The number of pyridine rings is 1. The van der Waals surface area contributed by atoms with Crippen LogP contribution in [0.3, 0.4) is 0 Å². The second-order valence-corrected chi connectivity index (χ2v) is 19.2. The van der Waals surface area contributed by atoms with Crippen molar-refractivity contribution >= 4 is 41.0 Å². The fourth-order valence-electron chi connectivity index (χ4n) is 7.92. The quantitative estimate of drug-likeness (QED) is 0.0390. The highest BCUT2D eigenvalue weighted by atomic mass is 19.3. The molecule has 0 spiro atoms. The molecule has 21 nitrogen and oxygen atoms in total. The van der Waals surface area contributed by atoms with Crippen LogP contribution < -0.4 is 37.1 Å². The Morgan fingerprint density at radius 3 is 2.27 bits per heavy atom. The molecule has 402 valence electrons. The molecule has 2 aromatic carbocycles. The molecule has 3 aromatic heterocycles. The molecule has 5 amide bonds. The van der Waals surface area contributed by atoms with Crippen LogP contribution in [0.25, 0.3) is 17.1 Å². The summed E-state index contributed by atoms with van der Waals surface area (Å²) >= 11 is 0. The van der Waals surface area contributed by atoms with E-state index in [0.717, 1.165) is 23.9 Å². The Kier molecular flexibility index (Phi) is 19.0. The van der Waals surface area contributed by atoms with E-state index in [1.807, 2.05) is 32.9 Å². The number of alkyl halides is 2. The summed E-state index contributed by atoms with van der Waals surface area (Å²) in [6.07, 6.45) is 3.60. The van der Waals surface area contributed by atoms with E-state index in [9.17, 15) is 32.8 Å². The van der Waals surface area contributed by atoms with Gasteiger partial charge >= 0.3 is 0 Å². The summed E-state index contributed by atoms with van der Waals surface area (Å²) in [7, 11) is 1.66. The van der Waals surface area contributed by atoms with Gasteiger partial charge in [-0.1, -0.05) is 26.8 Å². The normalized spacial score (nSPS) is 15.2. The molecular formula is C52H65F2N11O10. The lowest BCUT2D eigenvalue weighted by atomic mass is 9.84. The molecule has 0 radical (unpaired) electrons. The molecule has 0 saturated heterocycles. The number of aromatic nitrogens is 4. The minimum Gasteiger partial charge on any atom is -0.491 e. The summed E-state index contributed by atoms with van der Waals surface area (Å²) in [6.45, 7) is 10.4. The highest BCUT2D eigenvalue weighted by Gasteiger charge is 2.42. The number of benzene rings is 2. The largest absolute Gasteiger partial charge is 0.491 e. The van der Waals surface area contributed by atoms with Crippen LogP contribution in [0.1, 0.15) is 84.6 Å². The molecule has 0 bridgehead atoms. The molecule has 7 N–H and O–H groups in total. The van der Waals surface area contributed by atoms with Gasteiger partial charge in [0.2, 0.25) is 23.6 Å². The van der Waals surface area contributed by atoms with Crippen LogP contribution in [0.15, 0.2) is 77.7 Å². The lowest BCUT2D eigenvalue weighted by Gasteiger charge is -2.40. The smallest absolute Gasteiger partial charge is 0.284 e. The van der Waals surface area contributed by atoms with Crippen molar-refractivity contribution in [2.75, 3.05) is 77.0 Å². The van der Waals surface area contributed by atoms with Gasteiger partial charge in [0.15, 0.2) is 11.4 Å².